The van der Waals surface area contributed by atoms with Gasteiger partial charge in [0.2, 0.25) is 0 Å². The van der Waals surface area contributed by atoms with E-state index in [0.29, 0.717) is 0 Å². The van der Waals surface area contributed by atoms with Crippen LogP contribution in [0.3, 0.4) is 0 Å². The van der Waals surface area contributed by atoms with E-state index in [4.69, 9.17) is 0 Å². The molecule has 92 valence electrons. The number of aromatic nitrogens is 2. The number of nitrogens with zero attached hydrogens (tertiary/aromatic N) is 3. The first-order valence-corrected chi connectivity index (χ1v) is 5.41. The highest BCUT2D eigenvalue weighted by molar-refractivity contribution is 5.86. The van der Waals surface area contributed by atoms with Gasteiger partial charge in [-0.15, -0.1) is 6.58 Å². The average Bonchev–Trinajstić information content (AvgIpc) is 2.38. The Kier molecular flexibility index (Phi) is 5.13. The summed E-state index contributed by atoms with van der Waals surface area (Å²) >= 11 is 0. The monoisotopic (exact) mass is 235 g/mol. The van der Waals surface area contributed by atoms with Gasteiger partial charge in [0.25, 0.3) is 0 Å². The lowest BCUT2D eigenvalue weighted by atomic mass is 10.3. The van der Waals surface area contributed by atoms with Crippen molar-refractivity contribution < 1.29 is 9.53 Å². The molecule has 17 heavy (non-hydrogen) atoms. The lowest BCUT2D eigenvalue weighted by Crippen LogP contribution is -2.20. The number of ether oxygens (including phenoxy) is 1. The van der Waals surface area contributed by atoms with Crippen LogP contribution in [0.25, 0.3) is 0 Å². The Hall–Kier alpha value is -1.91. The Morgan fingerprint density at radius 2 is 2.29 bits per heavy atom. The van der Waals surface area contributed by atoms with Crippen molar-refractivity contribution in [1.29, 1.82) is 0 Å². The summed E-state index contributed by atoms with van der Waals surface area (Å²) in [5.74, 6) is 0.264. The van der Waals surface area contributed by atoms with Gasteiger partial charge in [-0.2, -0.15) is 0 Å². The molecule has 0 aromatic carbocycles. The fourth-order valence-corrected chi connectivity index (χ4v) is 1.32. The van der Waals surface area contributed by atoms with Crippen LogP contribution in [-0.4, -0.2) is 36.6 Å². The Labute approximate surface area is 101 Å². The largest absolute Gasteiger partial charge is 0.464 e. The molecule has 1 aromatic rings. The molecule has 5 nitrogen and oxygen atoms in total. The molecule has 1 rings (SSSR count). The van der Waals surface area contributed by atoms with Gasteiger partial charge in [0.1, 0.15) is 5.82 Å². The molecule has 0 fully saturated rings. The van der Waals surface area contributed by atoms with Crippen LogP contribution in [-0.2, 0) is 4.74 Å². The van der Waals surface area contributed by atoms with Crippen LogP contribution in [0.1, 0.15) is 23.3 Å². The molecule has 0 atom stereocenters. The van der Waals surface area contributed by atoms with Crippen molar-refractivity contribution in [3.63, 3.8) is 0 Å². The number of hydrogen-bond donors (Lipinski definition) is 0. The summed E-state index contributed by atoms with van der Waals surface area (Å²) in [5, 5.41) is 0. The molecule has 5 heteroatoms. The summed E-state index contributed by atoms with van der Waals surface area (Å²) in [4.78, 5) is 21.3. The predicted molar refractivity (Wildman–Crippen MR) is 66.1 cm³/mol. The maximum absolute atomic E-state index is 11.2. The van der Waals surface area contributed by atoms with Gasteiger partial charge in [-0.25, -0.2) is 14.8 Å². The third-order valence-corrected chi connectivity index (χ3v) is 2.33. The second kappa shape index (κ2) is 6.62. The second-order valence-corrected chi connectivity index (χ2v) is 3.60. The number of esters is 1. The summed E-state index contributed by atoms with van der Waals surface area (Å²) in [7, 11) is 3.25. The lowest BCUT2D eigenvalue weighted by molar-refractivity contribution is 0.0593. The molecule has 0 saturated heterocycles. The Morgan fingerprint density at radius 1 is 1.53 bits per heavy atom. The van der Waals surface area contributed by atoms with E-state index in [2.05, 4.69) is 21.3 Å². The van der Waals surface area contributed by atoms with Gasteiger partial charge in [-0.1, -0.05) is 6.08 Å². The molecule has 1 aromatic heterocycles. The van der Waals surface area contributed by atoms with E-state index in [1.807, 2.05) is 18.0 Å². The van der Waals surface area contributed by atoms with Crippen LogP contribution in [0.5, 0.6) is 0 Å². The van der Waals surface area contributed by atoms with Crippen LogP contribution in [0.15, 0.2) is 25.0 Å². The fourth-order valence-electron chi connectivity index (χ4n) is 1.32. The first-order valence-electron chi connectivity index (χ1n) is 5.41. The van der Waals surface area contributed by atoms with Crippen LogP contribution in [0.4, 0.5) is 5.82 Å². The van der Waals surface area contributed by atoms with E-state index >= 15 is 0 Å². The molecule has 1 heterocycles. The molecule has 0 spiro atoms. The molecule has 0 aliphatic rings. The fraction of sp³-hybridized carbons (Fsp3) is 0.417. The smallest absolute Gasteiger partial charge is 0.358 e. The Morgan fingerprint density at radius 3 is 2.82 bits per heavy atom. The van der Waals surface area contributed by atoms with Crippen molar-refractivity contribution in [2.24, 2.45) is 0 Å². The van der Waals surface area contributed by atoms with E-state index < -0.39 is 5.97 Å². The number of anilines is 1. The van der Waals surface area contributed by atoms with Crippen molar-refractivity contribution in [3.8, 4) is 0 Å². The van der Waals surface area contributed by atoms with Gasteiger partial charge < -0.3 is 9.64 Å². The van der Waals surface area contributed by atoms with Gasteiger partial charge >= 0.3 is 5.97 Å². The van der Waals surface area contributed by atoms with Crippen molar-refractivity contribution >= 4 is 11.8 Å². The first-order chi connectivity index (χ1) is 8.19. The molecule has 0 N–H and O–H groups in total. The molecule has 0 amide bonds. The van der Waals surface area contributed by atoms with Gasteiger partial charge in [-0.3, -0.25) is 0 Å². The van der Waals surface area contributed by atoms with E-state index in [9.17, 15) is 4.79 Å². The zero-order chi connectivity index (χ0) is 12.7. The minimum absolute atomic E-state index is 0.218. The zero-order valence-corrected chi connectivity index (χ0v) is 10.2. The van der Waals surface area contributed by atoms with E-state index in [1.54, 1.807) is 6.20 Å². The van der Waals surface area contributed by atoms with Crippen molar-refractivity contribution in [2.45, 2.75) is 12.8 Å². The van der Waals surface area contributed by atoms with Gasteiger partial charge in [0.15, 0.2) is 5.69 Å². The third-order valence-electron chi connectivity index (χ3n) is 2.33. The zero-order valence-electron chi connectivity index (χ0n) is 10.2. The number of carbonyl (C=O) groups is 1. The molecule has 0 bridgehead atoms. The highest BCUT2D eigenvalue weighted by Crippen LogP contribution is 2.08. The Bertz CT molecular complexity index is 376. The Balaban J connectivity index is 2.60. The van der Waals surface area contributed by atoms with Crippen LogP contribution in [0, 0.1) is 0 Å². The lowest BCUT2D eigenvalue weighted by Gasteiger charge is -2.16. The molecule has 0 radical (unpaired) electrons. The van der Waals surface area contributed by atoms with Crippen LogP contribution >= 0.6 is 0 Å². The average molecular weight is 235 g/mol. The summed E-state index contributed by atoms with van der Waals surface area (Å²) in [6.45, 7) is 4.55. The number of allylic oxidation sites excluding steroid dienone is 1. The van der Waals surface area contributed by atoms with Crippen LogP contribution in [0.2, 0.25) is 0 Å². The summed E-state index contributed by atoms with van der Waals surface area (Å²) in [6.07, 6.45) is 6.86. The number of methoxy groups -OCH3 is 1. The molecule has 0 saturated carbocycles. The molecule has 0 aliphatic carbocycles. The predicted octanol–water partition coefficient (Wildman–Crippen LogP) is 1.67. The highest BCUT2D eigenvalue weighted by atomic mass is 16.5. The van der Waals surface area contributed by atoms with E-state index in [1.165, 1.54) is 13.3 Å². The van der Waals surface area contributed by atoms with E-state index in [-0.39, 0.29) is 5.69 Å². The highest BCUT2D eigenvalue weighted by Gasteiger charge is 2.08. The molecular formula is C12H17N3O2. The summed E-state index contributed by atoms with van der Waals surface area (Å²) in [5.41, 5.74) is 0.218. The van der Waals surface area contributed by atoms with Crippen LogP contribution < -0.4 is 4.90 Å². The van der Waals surface area contributed by atoms with Crippen molar-refractivity contribution in [3.05, 3.63) is 30.7 Å². The quantitative estimate of drug-likeness (QED) is 0.426. The summed E-state index contributed by atoms with van der Waals surface area (Å²) in [6, 6.07) is 0. The topological polar surface area (TPSA) is 55.3 Å². The second-order valence-electron chi connectivity index (χ2n) is 3.60. The van der Waals surface area contributed by atoms with Crippen molar-refractivity contribution in [2.75, 3.05) is 25.6 Å². The van der Waals surface area contributed by atoms with Gasteiger partial charge in [-0.05, 0) is 12.8 Å². The number of hydrogen-bond acceptors (Lipinski definition) is 5. The van der Waals surface area contributed by atoms with Gasteiger partial charge in [0, 0.05) is 13.6 Å². The SMILES string of the molecule is C=CCCCN(C)c1cnc(C(=O)OC)cn1. The maximum atomic E-state index is 11.2. The normalized spacial score (nSPS) is 9.76. The number of rotatable bonds is 6. The molecule has 0 aliphatic heterocycles. The third kappa shape index (κ3) is 3.86. The molecule has 0 unspecified atom stereocenters. The van der Waals surface area contributed by atoms with E-state index in [0.717, 1.165) is 25.2 Å². The number of carbonyl (C=O) groups excluding carboxylic acids is 1. The summed E-state index contributed by atoms with van der Waals surface area (Å²) < 4.78 is 4.55. The van der Waals surface area contributed by atoms with Gasteiger partial charge in [0.05, 0.1) is 19.5 Å². The minimum Gasteiger partial charge on any atom is -0.464 e. The standard InChI is InChI=1S/C12H17N3O2/c1-4-5-6-7-15(2)11-9-13-10(8-14-11)12(16)17-3/h4,8-9H,1,5-7H2,2-3H3. The number of unbranched alkanes of at least 4 members (excludes halogenated alkanes) is 1. The molecular weight excluding hydrogens is 218 g/mol. The van der Waals surface area contributed by atoms with Crippen molar-refractivity contribution in [1.82, 2.24) is 9.97 Å². The minimum atomic E-state index is -0.474. The first kappa shape index (κ1) is 13.2. The maximum Gasteiger partial charge on any atom is 0.358 e.